The average Bonchev–Trinajstić information content (AvgIpc) is 3.23. The molecule has 0 fully saturated rings. The van der Waals surface area contributed by atoms with Crippen LogP contribution in [0.2, 0.25) is 0 Å². The lowest BCUT2D eigenvalue weighted by atomic mass is 10.0. The number of unbranched alkanes of at least 4 members (excludes halogenated alkanes) is 1. The van der Waals surface area contributed by atoms with E-state index >= 15 is 0 Å². The number of carbonyl (C=O) groups is 3. The monoisotopic (exact) mass is 519 g/mol. The van der Waals surface area contributed by atoms with Crippen molar-refractivity contribution in [2.75, 3.05) is 17.6 Å². The number of rotatable bonds is 10. The number of para-hydroxylation sites is 1. The fourth-order valence-electron chi connectivity index (χ4n) is 4.13. The van der Waals surface area contributed by atoms with E-state index in [9.17, 15) is 14.4 Å². The van der Waals surface area contributed by atoms with E-state index in [2.05, 4.69) is 41.4 Å². The van der Waals surface area contributed by atoms with Gasteiger partial charge < -0.3 is 10.6 Å². The lowest BCUT2D eigenvalue weighted by Gasteiger charge is -2.25. The highest BCUT2D eigenvalue weighted by molar-refractivity contribution is 8.14. The molecule has 2 aliphatic rings. The largest absolute Gasteiger partial charge is 0.356 e. The van der Waals surface area contributed by atoms with Crippen molar-refractivity contribution in [3.63, 3.8) is 0 Å². The molecule has 0 aliphatic carbocycles. The second kappa shape index (κ2) is 12.2. The average molecular weight is 520 g/mol. The molecule has 0 saturated carbocycles. The Kier molecular flexibility index (Phi) is 8.76. The smallest absolute Gasteiger partial charge is 0.259 e. The van der Waals surface area contributed by atoms with E-state index in [-0.39, 0.29) is 29.9 Å². The molecule has 2 aromatic rings. The molecule has 0 unspecified atom stereocenters. The molecular weight excluding hydrogens is 486 g/mol. The molecule has 3 amide bonds. The fourth-order valence-corrected chi connectivity index (χ4v) is 4.93. The number of nitrogens with zero attached hydrogens (tertiary/aromatic N) is 3. The maximum absolute atomic E-state index is 13.3. The molecule has 9 heteroatoms. The van der Waals surface area contributed by atoms with Crippen molar-refractivity contribution in [3.05, 3.63) is 59.7 Å². The van der Waals surface area contributed by atoms with Gasteiger partial charge in [0.1, 0.15) is 11.9 Å². The van der Waals surface area contributed by atoms with Gasteiger partial charge in [0.15, 0.2) is 5.17 Å². The number of nitrogens with one attached hydrogen (secondary N) is 2. The van der Waals surface area contributed by atoms with Gasteiger partial charge in [0.2, 0.25) is 11.8 Å². The number of hydrogen-bond acceptors (Lipinski definition) is 6. The topological polar surface area (TPSA) is 103 Å². The van der Waals surface area contributed by atoms with E-state index in [4.69, 9.17) is 0 Å². The molecule has 37 heavy (non-hydrogen) atoms. The van der Waals surface area contributed by atoms with Crippen LogP contribution in [0.15, 0.2) is 58.5 Å². The molecule has 194 valence electrons. The van der Waals surface area contributed by atoms with Crippen LogP contribution in [0.4, 0.5) is 11.4 Å². The maximum Gasteiger partial charge on any atom is 0.259 e. The Balaban J connectivity index is 1.42. The van der Waals surface area contributed by atoms with Crippen molar-refractivity contribution in [1.29, 1.82) is 0 Å². The third-order valence-electron chi connectivity index (χ3n) is 6.24. The van der Waals surface area contributed by atoms with Crippen LogP contribution in [0.1, 0.15) is 63.5 Å². The standard InChI is InChI=1S/C28H33N5O3S/c1-4-5-16-29-24(34)15-14-23-27(36)33-26(31-23)21-8-6-7-9-22(21)32-28(33)37-17-25(35)30-20-12-10-19(11-13-20)18(2)3/h6-13,18,23H,4-5,14-17H2,1-3H3,(H,29,34)(H,30,35)/t23-/m1/s1. The molecule has 2 N–H and O–H groups in total. The Morgan fingerprint density at radius 3 is 2.57 bits per heavy atom. The van der Waals surface area contributed by atoms with Gasteiger partial charge in [-0.3, -0.25) is 19.4 Å². The number of amides is 3. The summed E-state index contributed by atoms with van der Waals surface area (Å²) in [4.78, 5) is 49.1. The molecule has 4 rings (SSSR count). The molecule has 2 aliphatic heterocycles. The van der Waals surface area contributed by atoms with Gasteiger partial charge in [0, 0.05) is 24.2 Å². The SMILES string of the molecule is CCCCNC(=O)CC[C@H]1N=C2c3ccccc3N=C(SCC(=O)Nc3ccc(C(C)C)cc3)N2C1=O. The first-order chi connectivity index (χ1) is 17.9. The Morgan fingerprint density at radius 2 is 1.84 bits per heavy atom. The highest BCUT2D eigenvalue weighted by Crippen LogP contribution is 2.34. The quantitative estimate of drug-likeness (QED) is 0.439. The van der Waals surface area contributed by atoms with Gasteiger partial charge in [-0.25, -0.2) is 9.89 Å². The van der Waals surface area contributed by atoms with Crippen LogP contribution in [0.25, 0.3) is 0 Å². The minimum Gasteiger partial charge on any atom is -0.356 e. The Labute approximate surface area is 222 Å². The van der Waals surface area contributed by atoms with Crippen molar-refractivity contribution in [1.82, 2.24) is 10.2 Å². The molecule has 8 nitrogen and oxygen atoms in total. The van der Waals surface area contributed by atoms with Gasteiger partial charge >= 0.3 is 0 Å². The summed E-state index contributed by atoms with van der Waals surface area (Å²) in [5.41, 5.74) is 3.40. The zero-order valence-corrected chi connectivity index (χ0v) is 22.3. The molecule has 2 heterocycles. The first-order valence-electron chi connectivity index (χ1n) is 12.8. The molecule has 1 atom stereocenters. The first-order valence-corrected chi connectivity index (χ1v) is 13.7. The highest BCUT2D eigenvalue weighted by atomic mass is 32.2. The minimum atomic E-state index is -0.655. The van der Waals surface area contributed by atoms with Gasteiger partial charge in [-0.15, -0.1) is 0 Å². The van der Waals surface area contributed by atoms with Crippen molar-refractivity contribution in [2.24, 2.45) is 9.98 Å². The molecule has 2 aromatic carbocycles. The summed E-state index contributed by atoms with van der Waals surface area (Å²) >= 11 is 1.20. The summed E-state index contributed by atoms with van der Waals surface area (Å²) in [6, 6.07) is 14.6. The number of carbonyl (C=O) groups excluding carboxylic acids is 3. The lowest BCUT2D eigenvalue weighted by Crippen LogP contribution is -2.41. The maximum atomic E-state index is 13.3. The normalized spacial score (nSPS) is 16.2. The van der Waals surface area contributed by atoms with Crippen LogP contribution in [0, 0.1) is 0 Å². The van der Waals surface area contributed by atoms with E-state index in [0.717, 1.165) is 24.1 Å². The number of benzene rings is 2. The number of amidine groups is 2. The molecular formula is C28H33N5O3S. The van der Waals surface area contributed by atoms with Crippen LogP contribution in [-0.4, -0.2) is 52.0 Å². The van der Waals surface area contributed by atoms with Crippen molar-refractivity contribution in [3.8, 4) is 0 Å². The summed E-state index contributed by atoms with van der Waals surface area (Å²) in [6.07, 6.45) is 2.48. The summed E-state index contributed by atoms with van der Waals surface area (Å²) in [7, 11) is 0. The third-order valence-corrected chi connectivity index (χ3v) is 7.18. The predicted octanol–water partition coefficient (Wildman–Crippen LogP) is 4.84. The van der Waals surface area contributed by atoms with Crippen molar-refractivity contribution in [2.45, 2.75) is 58.4 Å². The van der Waals surface area contributed by atoms with E-state index < -0.39 is 6.04 Å². The van der Waals surface area contributed by atoms with E-state index in [1.807, 2.05) is 48.5 Å². The lowest BCUT2D eigenvalue weighted by molar-refractivity contribution is -0.125. The number of hydrogen-bond donors (Lipinski definition) is 2. The fraction of sp³-hybridized carbons (Fsp3) is 0.393. The summed E-state index contributed by atoms with van der Waals surface area (Å²) < 4.78 is 0. The summed E-state index contributed by atoms with van der Waals surface area (Å²) in [5, 5.41) is 6.21. The van der Waals surface area contributed by atoms with Gasteiger partial charge in [0.05, 0.1) is 11.4 Å². The number of anilines is 1. The molecule has 0 aromatic heterocycles. The second-order valence-corrected chi connectivity index (χ2v) is 10.4. The molecule has 0 saturated heterocycles. The second-order valence-electron chi connectivity index (χ2n) is 9.41. The molecule has 0 spiro atoms. The Morgan fingerprint density at radius 1 is 1.08 bits per heavy atom. The molecule has 0 radical (unpaired) electrons. The number of fused-ring (bicyclic) bond motifs is 3. The first kappa shape index (κ1) is 26.6. The van der Waals surface area contributed by atoms with Crippen LogP contribution in [-0.2, 0) is 14.4 Å². The zero-order valence-electron chi connectivity index (χ0n) is 21.5. The predicted molar refractivity (Wildman–Crippen MR) is 149 cm³/mol. The van der Waals surface area contributed by atoms with Crippen LogP contribution < -0.4 is 10.6 Å². The van der Waals surface area contributed by atoms with E-state index in [0.29, 0.717) is 35.6 Å². The minimum absolute atomic E-state index is 0.0758. The summed E-state index contributed by atoms with van der Waals surface area (Å²) in [5.74, 6) is 0.554. The van der Waals surface area contributed by atoms with Crippen LogP contribution in [0.5, 0.6) is 0 Å². The van der Waals surface area contributed by atoms with E-state index in [1.54, 1.807) is 0 Å². The number of aliphatic imine (C=N–C) groups is 2. The zero-order chi connectivity index (χ0) is 26.4. The van der Waals surface area contributed by atoms with Crippen LogP contribution >= 0.6 is 11.8 Å². The van der Waals surface area contributed by atoms with E-state index in [1.165, 1.54) is 22.2 Å². The van der Waals surface area contributed by atoms with Gasteiger partial charge in [-0.2, -0.15) is 0 Å². The van der Waals surface area contributed by atoms with Gasteiger partial charge in [-0.1, -0.05) is 63.2 Å². The van der Waals surface area contributed by atoms with Crippen molar-refractivity contribution >= 4 is 51.9 Å². The Hall–Kier alpha value is -3.46. The summed E-state index contributed by atoms with van der Waals surface area (Å²) in [6.45, 7) is 6.95. The van der Waals surface area contributed by atoms with Crippen molar-refractivity contribution < 1.29 is 14.4 Å². The molecule has 0 bridgehead atoms. The third kappa shape index (κ3) is 6.46. The highest BCUT2D eigenvalue weighted by Gasteiger charge is 2.41. The van der Waals surface area contributed by atoms with Crippen LogP contribution in [0.3, 0.4) is 0 Å². The van der Waals surface area contributed by atoms with Gasteiger partial charge in [-0.05, 0) is 48.6 Å². The number of thioether (sulfide) groups is 1. The Bertz CT molecular complexity index is 1220. The van der Waals surface area contributed by atoms with Gasteiger partial charge in [0.25, 0.3) is 5.91 Å².